The summed E-state index contributed by atoms with van der Waals surface area (Å²) in [7, 11) is 0. The van der Waals surface area contributed by atoms with E-state index >= 15 is 0 Å². The second kappa shape index (κ2) is 6.94. The summed E-state index contributed by atoms with van der Waals surface area (Å²) < 4.78 is 35.6. The third kappa shape index (κ3) is 3.31. The van der Waals surface area contributed by atoms with Crippen LogP contribution in [0.2, 0.25) is 0 Å². The fraction of sp³-hybridized carbons (Fsp3) is 0.526. The highest BCUT2D eigenvalue weighted by atomic mass is 19.3. The number of alkyl halides is 2. The van der Waals surface area contributed by atoms with Crippen LogP contribution in [0.15, 0.2) is 18.3 Å². The van der Waals surface area contributed by atoms with Crippen molar-refractivity contribution in [3.63, 3.8) is 0 Å². The lowest BCUT2D eigenvalue weighted by atomic mass is 10.1. The van der Waals surface area contributed by atoms with Crippen LogP contribution in [0.3, 0.4) is 0 Å². The second-order valence-electron chi connectivity index (χ2n) is 7.73. The van der Waals surface area contributed by atoms with E-state index in [0.29, 0.717) is 35.9 Å². The van der Waals surface area contributed by atoms with Gasteiger partial charge in [0.05, 0.1) is 24.4 Å². The quantitative estimate of drug-likeness (QED) is 0.812. The Morgan fingerprint density at radius 2 is 2.14 bits per heavy atom. The number of morpholine rings is 1. The van der Waals surface area contributed by atoms with Crippen molar-refractivity contribution >= 4 is 17.6 Å². The van der Waals surface area contributed by atoms with Crippen LogP contribution >= 0.6 is 0 Å². The zero-order valence-electron chi connectivity index (χ0n) is 16.0. The summed E-state index contributed by atoms with van der Waals surface area (Å²) in [6, 6.07) is 3.97. The van der Waals surface area contributed by atoms with Gasteiger partial charge in [-0.25, -0.2) is 9.97 Å². The van der Waals surface area contributed by atoms with Crippen molar-refractivity contribution in [2.24, 2.45) is 0 Å². The number of rotatable bonds is 5. The monoisotopic (exact) mass is 404 g/mol. The lowest BCUT2D eigenvalue weighted by molar-refractivity contribution is -0.0494. The molecule has 0 radical (unpaired) electrons. The summed E-state index contributed by atoms with van der Waals surface area (Å²) in [4.78, 5) is 17.9. The maximum atomic E-state index is 12.7. The lowest BCUT2D eigenvalue weighted by Crippen LogP contribution is -2.47. The first-order valence-corrected chi connectivity index (χ1v) is 9.72. The Morgan fingerprint density at radius 3 is 2.76 bits per heavy atom. The molecule has 0 saturated carbocycles. The second-order valence-corrected chi connectivity index (χ2v) is 7.73. The number of ether oxygens (including phenoxy) is 2. The largest absolute Gasteiger partial charge is 0.431 e. The summed E-state index contributed by atoms with van der Waals surface area (Å²) in [6.07, 6.45) is 3.82. The maximum Gasteiger partial charge on any atom is 0.387 e. The zero-order chi connectivity index (χ0) is 20.1. The first-order valence-electron chi connectivity index (χ1n) is 9.72. The number of hydrogen-bond donors (Lipinski definition) is 1. The number of nitrogen functional groups attached to an aromatic ring is 1. The molecule has 2 bridgehead atoms. The van der Waals surface area contributed by atoms with Gasteiger partial charge in [0.15, 0.2) is 11.6 Å². The molecule has 3 saturated heterocycles. The average Bonchev–Trinajstić information content (AvgIpc) is 3.31. The van der Waals surface area contributed by atoms with Gasteiger partial charge in [0.2, 0.25) is 5.95 Å². The van der Waals surface area contributed by atoms with Crippen molar-refractivity contribution in [2.45, 2.75) is 44.6 Å². The van der Waals surface area contributed by atoms with E-state index in [4.69, 9.17) is 20.4 Å². The highest BCUT2D eigenvalue weighted by molar-refractivity contribution is 5.68. The van der Waals surface area contributed by atoms with Crippen LogP contribution < -0.4 is 20.3 Å². The van der Waals surface area contributed by atoms with Crippen LogP contribution in [0.25, 0.3) is 11.3 Å². The van der Waals surface area contributed by atoms with Crippen molar-refractivity contribution in [2.75, 3.05) is 35.2 Å². The maximum absolute atomic E-state index is 12.7. The molecule has 154 valence electrons. The minimum atomic E-state index is -2.98. The molecule has 3 aliphatic heterocycles. The number of aromatic nitrogens is 3. The van der Waals surface area contributed by atoms with Gasteiger partial charge >= 0.3 is 6.61 Å². The van der Waals surface area contributed by atoms with Crippen LogP contribution in [0, 0.1) is 0 Å². The van der Waals surface area contributed by atoms with E-state index < -0.39 is 6.61 Å². The Hall–Kier alpha value is -2.75. The fourth-order valence-electron chi connectivity index (χ4n) is 4.12. The molecule has 1 unspecified atom stereocenters. The predicted molar refractivity (Wildman–Crippen MR) is 103 cm³/mol. The fourth-order valence-corrected chi connectivity index (χ4v) is 4.12. The van der Waals surface area contributed by atoms with Gasteiger partial charge in [-0.05, 0) is 25.8 Å². The molecule has 10 heteroatoms. The topological polar surface area (TPSA) is 89.6 Å². The molecule has 2 aromatic rings. The van der Waals surface area contributed by atoms with Crippen molar-refractivity contribution in [3.8, 4) is 17.0 Å². The molecular weight excluding hydrogens is 382 g/mol. The summed E-state index contributed by atoms with van der Waals surface area (Å²) in [5, 5.41) is 0. The van der Waals surface area contributed by atoms with Crippen LogP contribution in [-0.4, -0.2) is 59.4 Å². The van der Waals surface area contributed by atoms with E-state index in [1.54, 1.807) is 0 Å². The van der Waals surface area contributed by atoms with E-state index in [1.807, 2.05) is 6.07 Å². The highest BCUT2D eigenvalue weighted by Crippen LogP contribution is 2.36. The third-order valence-corrected chi connectivity index (χ3v) is 5.87. The molecule has 0 aromatic carbocycles. The summed E-state index contributed by atoms with van der Waals surface area (Å²) in [5.41, 5.74) is 6.83. The van der Waals surface area contributed by atoms with Gasteiger partial charge in [0, 0.05) is 37.0 Å². The smallest absolute Gasteiger partial charge is 0.387 e. The molecule has 8 nitrogen and oxygen atoms in total. The molecule has 3 fully saturated rings. The van der Waals surface area contributed by atoms with Gasteiger partial charge in [-0.15, -0.1) is 0 Å². The van der Waals surface area contributed by atoms with Crippen LogP contribution in [-0.2, 0) is 4.74 Å². The van der Waals surface area contributed by atoms with Gasteiger partial charge in [-0.2, -0.15) is 13.8 Å². The van der Waals surface area contributed by atoms with Crippen molar-refractivity contribution in [3.05, 3.63) is 18.3 Å². The Labute approximate surface area is 166 Å². The minimum absolute atomic E-state index is 0.0890. The van der Waals surface area contributed by atoms with E-state index in [1.165, 1.54) is 12.3 Å². The molecule has 29 heavy (non-hydrogen) atoms. The zero-order valence-corrected chi connectivity index (χ0v) is 16.0. The molecule has 0 spiro atoms. The summed E-state index contributed by atoms with van der Waals surface area (Å²) in [5.74, 6) is 1.19. The predicted octanol–water partition coefficient (Wildman–Crippen LogP) is 2.30. The van der Waals surface area contributed by atoms with Gasteiger partial charge in [0.1, 0.15) is 5.82 Å². The normalized spacial score (nSPS) is 25.6. The van der Waals surface area contributed by atoms with E-state index in [0.717, 1.165) is 31.7 Å². The Kier molecular flexibility index (Phi) is 4.38. The van der Waals surface area contributed by atoms with Crippen molar-refractivity contribution in [1.82, 2.24) is 15.0 Å². The van der Waals surface area contributed by atoms with Crippen LogP contribution in [0.1, 0.15) is 19.8 Å². The minimum Gasteiger partial charge on any atom is -0.431 e. The highest BCUT2D eigenvalue weighted by Gasteiger charge is 2.40. The molecule has 0 amide bonds. The van der Waals surface area contributed by atoms with Gasteiger partial charge < -0.3 is 25.0 Å². The molecule has 5 rings (SSSR count). The Morgan fingerprint density at radius 1 is 1.28 bits per heavy atom. The molecule has 2 N–H and O–H groups in total. The Bertz CT molecular complexity index is 930. The van der Waals surface area contributed by atoms with Gasteiger partial charge in [-0.3, -0.25) is 0 Å². The number of fused-ring (bicyclic) bond motifs is 2. The standard InChI is InChI=1S/C19H22F2N6O2/c1-10-2-3-26(10)19-24-14(11-4-15(29-18(20)21)17(22)23-7-11)6-16(25-19)27-8-13-5-12(27)9-28-13/h4,6-7,10,12-13,18H,2-3,5,8-9H2,1H3,(H2,22,23)/t10?,12-,13-/m0/s1. The number of halogens is 2. The first kappa shape index (κ1) is 18.3. The summed E-state index contributed by atoms with van der Waals surface area (Å²) in [6.45, 7) is 1.52. The average molecular weight is 404 g/mol. The molecule has 3 aliphatic rings. The van der Waals surface area contributed by atoms with E-state index in [2.05, 4.69) is 26.4 Å². The first-order chi connectivity index (χ1) is 14.0. The lowest BCUT2D eigenvalue weighted by Gasteiger charge is -2.39. The number of nitrogens with two attached hydrogens (primary N) is 1. The van der Waals surface area contributed by atoms with Gasteiger partial charge in [0.25, 0.3) is 0 Å². The van der Waals surface area contributed by atoms with Crippen LogP contribution in [0.5, 0.6) is 5.75 Å². The van der Waals surface area contributed by atoms with Crippen molar-refractivity contribution < 1.29 is 18.3 Å². The number of nitrogens with zero attached hydrogens (tertiary/aromatic N) is 5. The molecule has 3 atom stereocenters. The Balaban J connectivity index is 1.55. The molecule has 2 aromatic heterocycles. The third-order valence-electron chi connectivity index (χ3n) is 5.87. The van der Waals surface area contributed by atoms with Crippen LogP contribution in [0.4, 0.5) is 26.4 Å². The van der Waals surface area contributed by atoms with Gasteiger partial charge in [-0.1, -0.05) is 0 Å². The molecule has 5 heterocycles. The van der Waals surface area contributed by atoms with Crippen molar-refractivity contribution in [1.29, 1.82) is 0 Å². The molecule has 0 aliphatic carbocycles. The number of pyridine rings is 1. The summed E-state index contributed by atoms with van der Waals surface area (Å²) >= 11 is 0. The SMILES string of the molecule is CC1CCN1c1nc(-c2cnc(N)c(OC(F)F)c2)cc(N2C[C@@H]3C[C@H]2CO3)n1. The number of hydrogen-bond acceptors (Lipinski definition) is 8. The number of anilines is 3. The van der Waals surface area contributed by atoms with E-state index in [-0.39, 0.29) is 17.7 Å². The molecular formula is C19H22F2N6O2. The van der Waals surface area contributed by atoms with E-state index in [9.17, 15) is 8.78 Å².